The molecule has 2 N–H and O–H groups in total. The highest BCUT2D eigenvalue weighted by Crippen LogP contribution is 2.32. The molecule has 2 aromatic heterocycles. The first kappa shape index (κ1) is 16.8. The number of aromatic nitrogens is 4. The van der Waals surface area contributed by atoms with Crippen LogP contribution in [0.2, 0.25) is 0 Å². The Morgan fingerprint density at radius 2 is 2.00 bits per heavy atom. The van der Waals surface area contributed by atoms with E-state index in [-0.39, 0.29) is 12.7 Å². The second-order valence-corrected chi connectivity index (χ2v) is 5.93. The molecule has 0 atom stereocenters. The fraction of sp³-hybridized carbons (Fsp3) is 0.222. The Morgan fingerprint density at radius 3 is 2.78 bits per heavy atom. The second-order valence-electron chi connectivity index (χ2n) is 5.93. The number of hydrogen-bond acceptors (Lipinski definition) is 7. The van der Waals surface area contributed by atoms with Gasteiger partial charge in [0.05, 0.1) is 5.69 Å². The predicted octanol–water partition coefficient (Wildman–Crippen LogP) is 1.54. The number of nitrogens with zero attached hydrogens (tertiary/aromatic N) is 4. The molecule has 1 aliphatic rings. The highest BCUT2D eigenvalue weighted by Gasteiger charge is 2.15. The largest absolute Gasteiger partial charge is 0.454 e. The average molecular weight is 366 g/mol. The smallest absolute Gasteiger partial charge is 0.251 e. The van der Waals surface area contributed by atoms with Crippen LogP contribution in [0.1, 0.15) is 16.1 Å². The van der Waals surface area contributed by atoms with Crippen LogP contribution in [-0.2, 0) is 0 Å². The van der Waals surface area contributed by atoms with Gasteiger partial charge >= 0.3 is 0 Å². The molecule has 9 nitrogen and oxygen atoms in total. The molecule has 0 saturated carbocycles. The van der Waals surface area contributed by atoms with E-state index in [1.165, 1.54) is 0 Å². The van der Waals surface area contributed by atoms with Crippen molar-refractivity contribution in [1.82, 2.24) is 25.3 Å². The number of benzene rings is 1. The maximum absolute atomic E-state index is 12.2. The van der Waals surface area contributed by atoms with Crippen molar-refractivity contribution in [3.63, 3.8) is 0 Å². The van der Waals surface area contributed by atoms with Crippen LogP contribution < -0.4 is 20.1 Å². The van der Waals surface area contributed by atoms with Gasteiger partial charge in [-0.3, -0.25) is 4.79 Å². The van der Waals surface area contributed by atoms with Crippen molar-refractivity contribution < 1.29 is 14.3 Å². The molecule has 3 heterocycles. The van der Waals surface area contributed by atoms with E-state index < -0.39 is 0 Å². The summed E-state index contributed by atoms with van der Waals surface area (Å²) in [5.74, 6) is 2.33. The lowest BCUT2D eigenvalue weighted by atomic mass is 10.2. The Balaban J connectivity index is 1.25. The molecule has 138 valence electrons. The number of nitrogens with one attached hydrogen (secondary N) is 2. The Labute approximate surface area is 155 Å². The van der Waals surface area contributed by atoms with E-state index in [0.29, 0.717) is 41.8 Å². The van der Waals surface area contributed by atoms with Crippen molar-refractivity contribution in [2.45, 2.75) is 6.92 Å². The van der Waals surface area contributed by atoms with E-state index in [2.05, 4.69) is 25.9 Å². The van der Waals surface area contributed by atoms with Crippen LogP contribution in [0.25, 0.3) is 5.82 Å². The predicted molar refractivity (Wildman–Crippen MR) is 97.3 cm³/mol. The van der Waals surface area contributed by atoms with Gasteiger partial charge in [-0.2, -0.15) is 5.10 Å². The van der Waals surface area contributed by atoms with Crippen LogP contribution in [0.3, 0.4) is 0 Å². The molecular weight excluding hydrogens is 348 g/mol. The highest BCUT2D eigenvalue weighted by molar-refractivity contribution is 5.94. The minimum Gasteiger partial charge on any atom is -0.454 e. The number of carbonyl (C=O) groups is 1. The Hall–Kier alpha value is -3.62. The van der Waals surface area contributed by atoms with Crippen LogP contribution in [0.15, 0.2) is 42.6 Å². The topological polar surface area (TPSA) is 103 Å². The fourth-order valence-electron chi connectivity index (χ4n) is 2.59. The highest BCUT2D eigenvalue weighted by atomic mass is 16.7. The van der Waals surface area contributed by atoms with Crippen molar-refractivity contribution >= 4 is 11.7 Å². The summed E-state index contributed by atoms with van der Waals surface area (Å²) in [5.41, 5.74) is 1.44. The van der Waals surface area contributed by atoms with E-state index >= 15 is 0 Å². The molecule has 1 aliphatic heterocycles. The third kappa shape index (κ3) is 3.81. The minimum atomic E-state index is -0.175. The summed E-state index contributed by atoms with van der Waals surface area (Å²) < 4.78 is 12.2. The number of aryl methyl sites for hydroxylation is 1. The molecule has 1 amide bonds. The first-order valence-corrected chi connectivity index (χ1v) is 8.47. The van der Waals surface area contributed by atoms with Gasteiger partial charge in [0.25, 0.3) is 5.91 Å². The van der Waals surface area contributed by atoms with E-state index in [1.807, 2.05) is 31.3 Å². The molecule has 0 bridgehead atoms. The number of hydrogen-bond donors (Lipinski definition) is 2. The fourth-order valence-corrected chi connectivity index (χ4v) is 2.59. The number of anilines is 1. The summed E-state index contributed by atoms with van der Waals surface area (Å²) in [4.78, 5) is 12.2. The Bertz CT molecular complexity index is 954. The van der Waals surface area contributed by atoms with E-state index in [4.69, 9.17) is 9.47 Å². The standard InChI is InChI=1S/C18H18N6O3/c1-12-6-9-24(23-12)17-5-4-16(21-22-17)19-7-8-20-18(25)13-2-3-14-15(10-13)27-11-26-14/h2-6,9-10H,7-8,11H2,1H3,(H,19,21)(H,20,25). The summed E-state index contributed by atoms with van der Waals surface area (Å²) >= 11 is 0. The third-order valence-electron chi connectivity index (χ3n) is 3.96. The lowest BCUT2D eigenvalue weighted by Crippen LogP contribution is -2.28. The number of ether oxygens (including phenoxy) is 2. The molecule has 27 heavy (non-hydrogen) atoms. The zero-order chi connectivity index (χ0) is 18.6. The van der Waals surface area contributed by atoms with Gasteiger partial charge in [-0.25, -0.2) is 4.68 Å². The van der Waals surface area contributed by atoms with Crippen molar-refractivity contribution in [2.75, 3.05) is 25.2 Å². The maximum Gasteiger partial charge on any atom is 0.251 e. The molecule has 0 unspecified atom stereocenters. The molecule has 0 spiro atoms. The quantitative estimate of drug-likeness (QED) is 0.638. The van der Waals surface area contributed by atoms with Crippen molar-refractivity contribution in [1.29, 1.82) is 0 Å². The van der Waals surface area contributed by atoms with E-state index in [0.717, 1.165) is 5.69 Å². The first-order valence-electron chi connectivity index (χ1n) is 8.47. The van der Waals surface area contributed by atoms with E-state index in [1.54, 1.807) is 22.9 Å². The zero-order valence-electron chi connectivity index (χ0n) is 14.7. The normalized spacial score (nSPS) is 12.0. The summed E-state index contributed by atoms with van der Waals surface area (Å²) in [6.45, 7) is 3.06. The molecule has 3 aromatic rings. The number of rotatable bonds is 6. The van der Waals surface area contributed by atoms with Gasteiger partial charge in [-0.15, -0.1) is 10.2 Å². The monoisotopic (exact) mass is 366 g/mol. The van der Waals surface area contributed by atoms with Crippen molar-refractivity contribution in [3.8, 4) is 17.3 Å². The average Bonchev–Trinajstić information content (AvgIpc) is 3.33. The number of fused-ring (bicyclic) bond motifs is 1. The molecular formula is C18H18N6O3. The summed E-state index contributed by atoms with van der Waals surface area (Å²) in [7, 11) is 0. The first-order chi connectivity index (χ1) is 13.2. The molecule has 4 rings (SSSR count). The van der Waals surface area contributed by atoms with Crippen molar-refractivity contribution in [3.05, 3.63) is 53.9 Å². The van der Waals surface area contributed by atoms with Gasteiger partial charge in [-0.05, 0) is 43.3 Å². The van der Waals surface area contributed by atoms with Crippen LogP contribution in [0.5, 0.6) is 11.5 Å². The van der Waals surface area contributed by atoms with Crippen LogP contribution in [0, 0.1) is 6.92 Å². The Morgan fingerprint density at radius 1 is 1.11 bits per heavy atom. The summed E-state index contributed by atoms with van der Waals surface area (Å²) in [5, 5.41) is 18.5. The summed E-state index contributed by atoms with van der Waals surface area (Å²) in [6.07, 6.45) is 1.83. The molecule has 1 aromatic carbocycles. The lowest BCUT2D eigenvalue weighted by Gasteiger charge is -2.08. The van der Waals surface area contributed by atoms with Crippen LogP contribution in [-0.4, -0.2) is 45.8 Å². The van der Waals surface area contributed by atoms with E-state index in [9.17, 15) is 4.79 Å². The molecule has 0 fully saturated rings. The number of amides is 1. The third-order valence-corrected chi connectivity index (χ3v) is 3.96. The lowest BCUT2D eigenvalue weighted by molar-refractivity contribution is 0.0954. The zero-order valence-corrected chi connectivity index (χ0v) is 14.7. The Kier molecular flexibility index (Phi) is 4.56. The number of carbonyl (C=O) groups excluding carboxylic acids is 1. The SMILES string of the molecule is Cc1ccn(-c2ccc(NCCNC(=O)c3ccc4c(c3)OCO4)nn2)n1. The molecule has 9 heteroatoms. The van der Waals surface area contributed by atoms with Gasteiger partial charge in [0, 0.05) is 24.8 Å². The van der Waals surface area contributed by atoms with Gasteiger partial charge < -0.3 is 20.1 Å². The van der Waals surface area contributed by atoms with Gasteiger partial charge in [0.1, 0.15) is 5.82 Å². The molecule has 0 saturated heterocycles. The van der Waals surface area contributed by atoms with Gasteiger partial charge in [0.15, 0.2) is 17.3 Å². The van der Waals surface area contributed by atoms with Crippen LogP contribution >= 0.6 is 0 Å². The molecule has 0 radical (unpaired) electrons. The van der Waals surface area contributed by atoms with Crippen molar-refractivity contribution in [2.24, 2.45) is 0 Å². The second kappa shape index (κ2) is 7.32. The maximum atomic E-state index is 12.2. The minimum absolute atomic E-state index is 0.175. The molecule has 0 aliphatic carbocycles. The van der Waals surface area contributed by atoms with Gasteiger partial charge in [0.2, 0.25) is 6.79 Å². The summed E-state index contributed by atoms with van der Waals surface area (Å²) in [6, 6.07) is 10.7. The van der Waals surface area contributed by atoms with Crippen LogP contribution in [0.4, 0.5) is 5.82 Å². The van der Waals surface area contributed by atoms with Gasteiger partial charge in [-0.1, -0.05) is 0 Å².